The van der Waals surface area contributed by atoms with Crippen molar-refractivity contribution in [3.63, 3.8) is 0 Å². The standard InChI is InChI=1S/C8H15I/c1-4-7(2)5-8(3)6-9/h7H,3-6H2,1-2H3. The Morgan fingerprint density at radius 1 is 1.67 bits per heavy atom. The van der Waals surface area contributed by atoms with E-state index in [0.717, 1.165) is 10.3 Å². The number of hydrogen-bond acceptors (Lipinski definition) is 0. The third-order valence-corrected chi connectivity index (χ3v) is 2.60. The van der Waals surface area contributed by atoms with Crippen molar-refractivity contribution in [2.45, 2.75) is 26.7 Å². The Bertz CT molecular complexity index is 86.6. The van der Waals surface area contributed by atoms with E-state index in [4.69, 9.17) is 0 Å². The lowest BCUT2D eigenvalue weighted by Crippen LogP contribution is -1.94. The van der Waals surface area contributed by atoms with Gasteiger partial charge in [0.2, 0.25) is 0 Å². The van der Waals surface area contributed by atoms with Gasteiger partial charge in [-0.2, -0.15) is 0 Å². The van der Waals surface area contributed by atoms with Crippen molar-refractivity contribution in [2.75, 3.05) is 4.43 Å². The van der Waals surface area contributed by atoms with E-state index in [2.05, 4.69) is 43.0 Å². The van der Waals surface area contributed by atoms with Gasteiger partial charge in [-0.3, -0.25) is 0 Å². The molecule has 0 aromatic carbocycles. The third kappa shape index (κ3) is 4.94. The largest absolute Gasteiger partial charge is 0.0991 e. The van der Waals surface area contributed by atoms with E-state index in [0.29, 0.717) is 0 Å². The monoisotopic (exact) mass is 238 g/mol. The van der Waals surface area contributed by atoms with Gasteiger partial charge in [-0.05, 0) is 12.3 Å². The molecule has 0 fully saturated rings. The highest BCUT2D eigenvalue weighted by atomic mass is 127. The zero-order chi connectivity index (χ0) is 7.28. The van der Waals surface area contributed by atoms with Gasteiger partial charge in [0.15, 0.2) is 0 Å². The van der Waals surface area contributed by atoms with Crippen molar-refractivity contribution in [1.82, 2.24) is 0 Å². The quantitative estimate of drug-likeness (QED) is 0.400. The Balaban J connectivity index is 3.34. The predicted molar refractivity (Wildman–Crippen MR) is 52.1 cm³/mol. The van der Waals surface area contributed by atoms with Crippen LogP contribution in [0.3, 0.4) is 0 Å². The van der Waals surface area contributed by atoms with Crippen LogP contribution in [0.5, 0.6) is 0 Å². The Morgan fingerprint density at radius 3 is 2.56 bits per heavy atom. The number of rotatable bonds is 4. The Morgan fingerprint density at radius 2 is 2.22 bits per heavy atom. The molecule has 0 radical (unpaired) electrons. The normalized spacial score (nSPS) is 13.2. The van der Waals surface area contributed by atoms with E-state index >= 15 is 0 Å². The Labute approximate surface area is 71.9 Å². The molecule has 0 bridgehead atoms. The molecule has 0 saturated heterocycles. The molecule has 0 aliphatic rings. The molecule has 9 heavy (non-hydrogen) atoms. The van der Waals surface area contributed by atoms with Crippen molar-refractivity contribution >= 4 is 22.6 Å². The first-order valence-corrected chi connectivity index (χ1v) is 4.95. The molecule has 0 heterocycles. The Kier molecular flexibility index (Phi) is 5.55. The van der Waals surface area contributed by atoms with Gasteiger partial charge in [0.1, 0.15) is 0 Å². The molecule has 0 rings (SSSR count). The summed E-state index contributed by atoms with van der Waals surface area (Å²) < 4.78 is 1.11. The highest BCUT2D eigenvalue weighted by Crippen LogP contribution is 2.14. The van der Waals surface area contributed by atoms with Crippen molar-refractivity contribution < 1.29 is 0 Å². The zero-order valence-corrected chi connectivity index (χ0v) is 8.44. The molecule has 0 N–H and O–H groups in total. The van der Waals surface area contributed by atoms with Gasteiger partial charge in [0.25, 0.3) is 0 Å². The van der Waals surface area contributed by atoms with Crippen LogP contribution in [0.2, 0.25) is 0 Å². The molecule has 0 nitrogen and oxygen atoms in total. The Hall–Kier alpha value is 0.470. The van der Waals surface area contributed by atoms with Crippen LogP contribution in [0, 0.1) is 5.92 Å². The maximum atomic E-state index is 3.95. The van der Waals surface area contributed by atoms with Gasteiger partial charge in [-0.25, -0.2) is 0 Å². The summed E-state index contributed by atoms with van der Waals surface area (Å²) in [7, 11) is 0. The van der Waals surface area contributed by atoms with Gasteiger partial charge in [0, 0.05) is 4.43 Å². The van der Waals surface area contributed by atoms with Crippen molar-refractivity contribution in [2.24, 2.45) is 5.92 Å². The lowest BCUT2D eigenvalue weighted by atomic mass is 10.0. The number of hydrogen-bond donors (Lipinski definition) is 0. The molecule has 0 aromatic heterocycles. The minimum Gasteiger partial charge on any atom is -0.0991 e. The summed E-state index contributed by atoms with van der Waals surface area (Å²) in [5.74, 6) is 0.826. The van der Waals surface area contributed by atoms with Crippen LogP contribution in [-0.4, -0.2) is 4.43 Å². The van der Waals surface area contributed by atoms with Gasteiger partial charge in [-0.15, -0.1) is 0 Å². The first-order valence-electron chi connectivity index (χ1n) is 3.43. The molecule has 0 aliphatic carbocycles. The van der Waals surface area contributed by atoms with Crippen LogP contribution < -0.4 is 0 Å². The summed E-state index contributed by atoms with van der Waals surface area (Å²) in [6.07, 6.45) is 2.48. The summed E-state index contributed by atoms with van der Waals surface area (Å²) in [6, 6.07) is 0. The van der Waals surface area contributed by atoms with Crippen molar-refractivity contribution in [1.29, 1.82) is 0 Å². The smallest absolute Gasteiger partial charge is 0.0203 e. The van der Waals surface area contributed by atoms with Crippen LogP contribution in [0.4, 0.5) is 0 Å². The van der Waals surface area contributed by atoms with Crippen LogP contribution in [0.1, 0.15) is 26.7 Å². The summed E-state index contributed by atoms with van der Waals surface area (Å²) in [6.45, 7) is 8.46. The second kappa shape index (κ2) is 5.27. The molecule has 0 saturated carbocycles. The molecule has 0 spiro atoms. The van der Waals surface area contributed by atoms with E-state index in [1.807, 2.05) is 0 Å². The number of alkyl halides is 1. The SMILES string of the molecule is C=C(CI)CC(C)CC. The van der Waals surface area contributed by atoms with Crippen LogP contribution in [0.15, 0.2) is 12.2 Å². The van der Waals surface area contributed by atoms with E-state index in [-0.39, 0.29) is 0 Å². The van der Waals surface area contributed by atoms with E-state index in [1.165, 1.54) is 18.4 Å². The second-order valence-corrected chi connectivity index (χ2v) is 3.36. The van der Waals surface area contributed by atoms with Gasteiger partial charge < -0.3 is 0 Å². The fraction of sp³-hybridized carbons (Fsp3) is 0.750. The van der Waals surface area contributed by atoms with Crippen molar-refractivity contribution in [3.8, 4) is 0 Å². The third-order valence-electron chi connectivity index (χ3n) is 1.52. The van der Waals surface area contributed by atoms with Crippen LogP contribution in [0.25, 0.3) is 0 Å². The zero-order valence-electron chi connectivity index (χ0n) is 6.28. The lowest BCUT2D eigenvalue weighted by Gasteiger charge is -2.07. The highest BCUT2D eigenvalue weighted by molar-refractivity contribution is 14.1. The van der Waals surface area contributed by atoms with E-state index in [9.17, 15) is 0 Å². The highest BCUT2D eigenvalue weighted by Gasteiger charge is 1.99. The lowest BCUT2D eigenvalue weighted by molar-refractivity contribution is 0.559. The topological polar surface area (TPSA) is 0 Å². The average molecular weight is 238 g/mol. The van der Waals surface area contributed by atoms with Crippen molar-refractivity contribution in [3.05, 3.63) is 12.2 Å². The van der Waals surface area contributed by atoms with E-state index in [1.54, 1.807) is 0 Å². The van der Waals surface area contributed by atoms with Crippen LogP contribution in [-0.2, 0) is 0 Å². The minimum atomic E-state index is 0.826. The molecule has 1 unspecified atom stereocenters. The summed E-state index contributed by atoms with van der Waals surface area (Å²) in [5, 5.41) is 0. The molecule has 0 aromatic rings. The molecule has 54 valence electrons. The second-order valence-electron chi connectivity index (χ2n) is 2.60. The molecule has 1 heteroatoms. The predicted octanol–water partition coefficient (Wildman–Crippen LogP) is 3.41. The molecular formula is C8H15I. The number of allylic oxidation sites excluding steroid dienone is 1. The van der Waals surface area contributed by atoms with Gasteiger partial charge >= 0.3 is 0 Å². The average Bonchev–Trinajstić information content (AvgIpc) is 1.87. The summed E-state index contributed by atoms with van der Waals surface area (Å²) in [5.41, 5.74) is 1.38. The van der Waals surface area contributed by atoms with Gasteiger partial charge in [0.05, 0.1) is 0 Å². The molecule has 0 aliphatic heterocycles. The first-order chi connectivity index (χ1) is 4.20. The molecule has 1 atom stereocenters. The first kappa shape index (κ1) is 9.47. The van der Waals surface area contributed by atoms with Crippen LogP contribution >= 0.6 is 22.6 Å². The van der Waals surface area contributed by atoms with Gasteiger partial charge in [-0.1, -0.05) is 55.0 Å². The summed E-state index contributed by atoms with van der Waals surface area (Å²) in [4.78, 5) is 0. The maximum absolute atomic E-state index is 3.95. The van der Waals surface area contributed by atoms with E-state index < -0.39 is 0 Å². The molecular weight excluding hydrogens is 223 g/mol. The maximum Gasteiger partial charge on any atom is 0.0203 e. The minimum absolute atomic E-state index is 0.826. The number of halogens is 1. The summed E-state index contributed by atoms with van der Waals surface area (Å²) >= 11 is 2.36. The molecule has 0 amide bonds. The fourth-order valence-corrected chi connectivity index (χ4v) is 1.00. The fourth-order valence-electron chi connectivity index (χ4n) is 0.692.